The SMILES string of the molecule is COc1ccc(C=N[C@]2(O)[C@H](OC(C)=O)O[C@H](C(O)[Si](C)(C)C(C)(C)C)[C@@H](OC(C)=O)[C@@H]2OC(C)=O)cc1. The monoisotopic (exact) mass is 553 g/mol. The summed E-state index contributed by atoms with van der Waals surface area (Å²) in [7, 11) is -1.11. The summed E-state index contributed by atoms with van der Waals surface area (Å²) in [5.41, 5.74) is -3.21. The van der Waals surface area contributed by atoms with Crippen molar-refractivity contribution in [1.29, 1.82) is 0 Å². The molecule has 2 rings (SSSR count). The molecule has 12 heteroatoms. The topological polar surface area (TPSA) is 150 Å². The Hall–Kier alpha value is -2.80. The minimum atomic E-state index is -2.63. The van der Waals surface area contributed by atoms with Crippen molar-refractivity contribution in [2.45, 2.75) is 95.7 Å². The van der Waals surface area contributed by atoms with Crippen LogP contribution in [0.2, 0.25) is 18.1 Å². The highest BCUT2D eigenvalue weighted by Gasteiger charge is 2.64. The molecule has 1 saturated heterocycles. The van der Waals surface area contributed by atoms with Crippen molar-refractivity contribution in [3.8, 4) is 5.75 Å². The second kappa shape index (κ2) is 11.9. The van der Waals surface area contributed by atoms with Gasteiger partial charge in [-0.3, -0.25) is 14.4 Å². The zero-order valence-electron chi connectivity index (χ0n) is 23.4. The van der Waals surface area contributed by atoms with Gasteiger partial charge in [-0.1, -0.05) is 33.9 Å². The van der Waals surface area contributed by atoms with Gasteiger partial charge in [0.05, 0.1) is 20.9 Å². The number of carbonyl (C=O) groups is 3. The van der Waals surface area contributed by atoms with Gasteiger partial charge >= 0.3 is 17.9 Å². The number of benzene rings is 1. The number of rotatable bonds is 8. The van der Waals surface area contributed by atoms with Crippen LogP contribution in [-0.4, -0.2) is 85.6 Å². The largest absolute Gasteiger partial charge is 0.497 e. The Morgan fingerprint density at radius 1 is 1.03 bits per heavy atom. The Labute approximate surface area is 224 Å². The minimum absolute atomic E-state index is 0.343. The van der Waals surface area contributed by atoms with Crippen LogP contribution in [0.15, 0.2) is 29.3 Å². The molecule has 1 unspecified atom stereocenters. The molecule has 1 aliphatic heterocycles. The number of aliphatic imine (C=N–C) groups is 1. The molecule has 0 bridgehead atoms. The molecular formula is C26H39NO10Si. The summed E-state index contributed by atoms with van der Waals surface area (Å²) in [5, 5.41) is 23.1. The Balaban J connectivity index is 2.70. The van der Waals surface area contributed by atoms with Gasteiger partial charge < -0.3 is 33.9 Å². The highest BCUT2D eigenvalue weighted by Crippen LogP contribution is 2.44. The third kappa shape index (κ3) is 6.98. The number of hydrogen-bond donors (Lipinski definition) is 2. The highest BCUT2D eigenvalue weighted by molar-refractivity contribution is 6.81. The molecule has 1 aromatic rings. The average Bonchev–Trinajstić information content (AvgIpc) is 2.80. The van der Waals surface area contributed by atoms with Gasteiger partial charge in [0.2, 0.25) is 0 Å². The first-order chi connectivity index (χ1) is 17.4. The molecule has 212 valence electrons. The van der Waals surface area contributed by atoms with Crippen LogP contribution in [-0.2, 0) is 33.3 Å². The maximum Gasteiger partial charge on any atom is 0.305 e. The van der Waals surface area contributed by atoms with Crippen LogP contribution in [0, 0.1) is 0 Å². The molecule has 1 fully saturated rings. The summed E-state index contributed by atoms with van der Waals surface area (Å²) < 4.78 is 27.4. The second-order valence-electron chi connectivity index (χ2n) is 10.9. The van der Waals surface area contributed by atoms with Crippen LogP contribution in [0.3, 0.4) is 0 Å². The normalized spacial score (nSPS) is 26.9. The smallest absolute Gasteiger partial charge is 0.305 e. The van der Waals surface area contributed by atoms with Crippen molar-refractivity contribution < 1.29 is 48.3 Å². The molecular weight excluding hydrogens is 514 g/mol. The predicted octanol–water partition coefficient (Wildman–Crippen LogP) is 2.36. The zero-order chi connectivity index (χ0) is 29.1. The van der Waals surface area contributed by atoms with Crippen molar-refractivity contribution in [3.05, 3.63) is 29.8 Å². The van der Waals surface area contributed by atoms with Crippen molar-refractivity contribution in [2.75, 3.05) is 7.11 Å². The molecule has 38 heavy (non-hydrogen) atoms. The Morgan fingerprint density at radius 3 is 2.00 bits per heavy atom. The van der Waals surface area contributed by atoms with Gasteiger partial charge in [-0.25, -0.2) is 4.99 Å². The zero-order valence-corrected chi connectivity index (χ0v) is 24.4. The molecule has 0 aliphatic carbocycles. The van der Waals surface area contributed by atoms with E-state index in [-0.39, 0.29) is 5.04 Å². The lowest BCUT2D eigenvalue weighted by molar-refractivity contribution is -0.335. The summed E-state index contributed by atoms with van der Waals surface area (Å²) in [6.07, 6.45) is -5.03. The maximum atomic E-state index is 12.2. The van der Waals surface area contributed by atoms with E-state index >= 15 is 0 Å². The maximum absolute atomic E-state index is 12.2. The van der Waals surface area contributed by atoms with Crippen LogP contribution in [0.1, 0.15) is 47.1 Å². The standard InChI is InChI=1S/C26H39NO10Si/c1-15(28)34-20-21(23(31)38(8,9)25(4,5)6)37-24(36-17(3)30)26(32,22(20)35-16(2)29)27-14-18-10-12-19(33-7)13-11-18/h10-14,20-24,31-32H,1-9H3/t20-,21+,22+,23?,24-,26-/m1/s1. The number of aliphatic hydroxyl groups is 2. The van der Waals surface area contributed by atoms with Crippen LogP contribution >= 0.6 is 0 Å². The molecule has 0 saturated carbocycles. The summed E-state index contributed by atoms with van der Waals surface area (Å²) >= 11 is 0. The molecule has 0 spiro atoms. The van der Waals surface area contributed by atoms with E-state index < -0.39 is 62.0 Å². The third-order valence-electron chi connectivity index (χ3n) is 7.06. The highest BCUT2D eigenvalue weighted by atomic mass is 28.3. The fourth-order valence-electron chi connectivity index (χ4n) is 3.90. The number of ether oxygens (including phenoxy) is 5. The third-order valence-corrected chi connectivity index (χ3v) is 12.7. The van der Waals surface area contributed by atoms with E-state index in [2.05, 4.69) is 4.99 Å². The number of hydrogen-bond acceptors (Lipinski definition) is 11. The fourth-order valence-corrected chi connectivity index (χ4v) is 5.87. The number of aliphatic hydroxyl groups excluding tert-OH is 1. The van der Waals surface area contributed by atoms with Crippen molar-refractivity contribution in [2.24, 2.45) is 4.99 Å². The van der Waals surface area contributed by atoms with E-state index in [1.807, 2.05) is 33.9 Å². The molecule has 2 N–H and O–H groups in total. The van der Waals surface area contributed by atoms with E-state index in [1.165, 1.54) is 13.3 Å². The summed E-state index contributed by atoms with van der Waals surface area (Å²) in [5.74, 6) is -1.82. The lowest BCUT2D eigenvalue weighted by Gasteiger charge is -2.51. The summed E-state index contributed by atoms with van der Waals surface area (Å²) in [6.45, 7) is 13.1. The number of nitrogens with zero attached hydrogens (tertiary/aromatic N) is 1. The van der Waals surface area contributed by atoms with Crippen LogP contribution in [0.5, 0.6) is 5.75 Å². The molecule has 1 heterocycles. The van der Waals surface area contributed by atoms with Gasteiger partial charge in [-0.15, -0.1) is 0 Å². The molecule has 11 nitrogen and oxygen atoms in total. The van der Waals surface area contributed by atoms with Gasteiger partial charge in [0.25, 0.3) is 12.0 Å². The van der Waals surface area contributed by atoms with Crippen LogP contribution < -0.4 is 4.74 Å². The Kier molecular flexibility index (Phi) is 9.87. The molecule has 0 aromatic heterocycles. The van der Waals surface area contributed by atoms with Crippen molar-refractivity contribution >= 4 is 32.2 Å². The molecule has 1 aliphatic rings. The van der Waals surface area contributed by atoms with Crippen molar-refractivity contribution in [1.82, 2.24) is 0 Å². The van der Waals surface area contributed by atoms with Crippen molar-refractivity contribution in [3.63, 3.8) is 0 Å². The van der Waals surface area contributed by atoms with Crippen LogP contribution in [0.4, 0.5) is 0 Å². The van der Waals surface area contributed by atoms with Gasteiger partial charge in [0, 0.05) is 27.0 Å². The fraction of sp³-hybridized carbons (Fsp3) is 0.615. The van der Waals surface area contributed by atoms with Crippen LogP contribution in [0.25, 0.3) is 0 Å². The average molecular weight is 554 g/mol. The first-order valence-corrected chi connectivity index (χ1v) is 15.3. The number of methoxy groups -OCH3 is 1. The van der Waals surface area contributed by atoms with E-state index in [1.54, 1.807) is 24.3 Å². The van der Waals surface area contributed by atoms with E-state index in [4.69, 9.17) is 23.7 Å². The summed E-state index contributed by atoms with van der Waals surface area (Å²) in [6, 6.07) is 6.65. The Bertz CT molecular complexity index is 1040. The van der Waals surface area contributed by atoms with Gasteiger partial charge in [0.15, 0.2) is 12.2 Å². The van der Waals surface area contributed by atoms with E-state index in [0.717, 1.165) is 20.8 Å². The molecule has 0 radical (unpaired) electrons. The van der Waals surface area contributed by atoms with Gasteiger partial charge in [-0.2, -0.15) is 0 Å². The lowest BCUT2D eigenvalue weighted by atomic mass is 9.92. The first kappa shape index (κ1) is 31.4. The van der Waals surface area contributed by atoms with E-state index in [0.29, 0.717) is 11.3 Å². The number of carbonyl (C=O) groups excluding carboxylic acids is 3. The lowest BCUT2D eigenvalue weighted by Crippen LogP contribution is -2.72. The quantitative estimate of drug-likeness (QED) is 0.212. The van der Waals surface area contributed by atoms with Gasteiger partial charge in [-0.05, 0) is 34.9 Å². The number of esters is 3. The molecule has 1 aromatic carbocycles. The second-order valence-corrected chi connectivity index (χ2v) is 16.4. The first-order valence-electron chi connectivity index (χ1n) is 12.2. The van der Waals surface area contributed by atoms with Gasteiger partial charge in [0.1, 0.15) is 11.9 Å². The Morgan fingerprint density at radius 2 is 1.55 bits per heavy atom. The van der Waals surface area contributed by atoms with E-state index in [9.17, 15) is 24.6 Å². The molecule has 0 amide bonds. The summed E-state index contributed by atoms with van der Waals surface area (Å²) in [4.78, 5) is 40.6. The minimum Gasteiger partial charge on any atom is -0.497 e. The molecule has 6 atom stereocenters. The predicted molar refractivity (Wildman–Crippen MR) is 140 cm³/mol.